The predicted octanol–water partition coefficient (Wildman–Crippen LogP) is 1.31. The molecule has 1 aliphatic rings. The number of halogens is 4. The first kappa shape index (κ1) is 20.1. The molecule has 0 spiro atoms. The van der Waals surface area contributed by atoms with Gasteiger partial charge in [-0.25, -0.2) is 10.9 Å². The molecule has 4 N–H and O–H groups in total. The van der Waals surface area contributed by atoms with Gasteiger partial charge in [-0.3, -0.25) is 25.1 Å². The molecule has 12 heteroatoms. The van der Waals surface area contributed by atoms with E-state index in [0.29, 0.717) is 11.4 Å². The Morgan fingerprint density at radius 1 is 1.18 bits per heavy atom. The number of aromatic nitrogens is 2. The molecule has 2 aromatic rings. The van der Waals surface area contributed by atoms with Crippen molar-refractivity contribution >= 4 is 23.4 Å². The summed E-state index contributed by atoms with van der Waals surface area (Å²) in [6, 6.07) is 7.19. The van der Waals surface area contributed by atoms with Crippen molar-refractivity contribution in [1.29, 1.82) is 0 Å². The summed E-state index contributed by atoms with van der Waals surface area (Å²) < 4.78 is 38.3. The van der Waals surface area contributed by atoms with Gasteiger partial charge in [0, 0.05) is 17.3 Å². The molecule has 1 aromatic carbocycles. The fourth-order valence-corrected chi connectivity index (χ4v) is 2.77. The van der Waals surface area contributed by atoms with Gasteiger partial charge in [-0.2, -0.15) is 18.3 Å². The van der Waals surface area contributed by atoms with E-state index in [1.807, 2.05) is 12.1 Å². The lowest BCUT2D eigenvalue weighted by atomic mass is 10.0. The predicted molar refractivity (Wildman–Crippen MR) is 92.4 cm³/mol. The van der Waals surface area contributed by atoms with E-state index in [4.69, 9.17) is 11.6 Å². The van der Waals surface area contributed by atoms with E-state index in [-0.39, 0.29) is 6.04 Å². The fraction of sp³-hybridized carbons (Fsp3) is 0.312. The second-order valence-corrected chi connectivity index (χ2v) is 6.55. The van der Waals surface area contributed by atoms with E-state index in [2.05, 4.69) is 26.8 Å². The van der Waals surface area contributed by atoms with Crippen molar-refractivity contribution in [2.75, 3.05) is 0 Å². The maximum atomic E-state index is 12.5. The minimum atomic E-state index is -4.59. The van der Waals surface area contributed by atoms with Crippen LogP contribution in [0.15, 0.2) is 36.5 Å². The molecule has 2 heterocycles. The Hall–Kier alpha value is -2.63. The number of carbonyl (C=O) groups is 2. The number of hydrogen-bond acceptors (Lipinski definition) is 5. The van der Waals surface area contributed by atoms with Crippen LogP contribution in [-0.2, 0) is 22.3 Å². The number of nitrogens with one attached hydrogen (secondary N) is 4. The van der Waals surface area contributed by atoms with Crippen LogP contribution in [0.2, 0.25) is 5.02 Å². The summed E-state index contributed by atoms with van der Waals surface area (Å²) in [7, 11) is 0. The molecule has 0 radical (unpaired) electrons. The molecule has 28 heavy (non-hydrogen) atoms. The zero-order valence-corrected chi connectivity index (χ0v) is 15.0. The van der Waals surface area contributed by atoms with Crippen LogP contribution < -0.4 is 21.7 Å². The fourth-order valence-electron chi connectivity index (χ4n) is 2.65. The van der Waals surface area contributed by atoms with Crippen molar-refractivity contribution in [3.63, 3.8) is 0 Å². The molecule has 150 valence electrons. The molecule has 2 atom stereocenters. The summed E-state index contributed by atoms with van der Waals surface area (Å²) >= 11 is 5.85. The molecule has 2 amide bonds. The molecule has 1 aliphatic heterocycles. The average Bonchev–Trinajstić information content (AvgIpc) is 3.29. The van der Waals surface area contributed by atoms with Crippen LogP contribution in [0.1, 0.15) is 23.7 Å². The highest BCUT2D eigenvalue weighted by atomic mass is 35.5. The van der Waals surface area contributed by atoms with Crippen LogP contribution in [0, 0.1) is 0 Å². The summed E-state index contributed by atoms with van der Waals surface area (Å²) in [5.41, 5.74) is 10.0. The molecule has 0 aliphatic carbocycles. The summed E-state index contributed by atoms with van der Waals surface area (Å²) in [5, 5.41) is 3.87. The molecule has 1 fully saturated rings. The number of rotatable bonds is 4. The maximum absolute atomic E-state index is 12.5. The van der Waals surface area contributed by atoms with Gasteiger partial charge in [-0.05, 0) is 30.2 Å². The highest BCUT2D eigenvalue weighted by molar-refractivity contribution is 6.30. The minimum absolute atomic E-state index is 0.117. The van der Waals surface area contributed by atoms with E-state index >= 15 is 0 Å². The molecular formula is C16H16ClF3N6O2. The lowest BCUT2D eigenvalue weighted by molar-refractivity contribution is -0.141. The normalized spacial score (nSPS) is 19.4. The van der Waals surface area contributed by atoms with E-state index in [9.17, 15) is 22.8 Å². The summed E-state index contributed by atoms with van der Waals surface area (Å²) in [4.78, 5) is 23.9. The van der Waals surface area contributed by atoms with Gasteiger partial charge in [0.25, 0.3) is 11.8 Å². The van der Waals surface area contributed by atoms with Crippen molar-refractivity contribution in [1.82, 2.24) is 31.5 Å². The Morgan fingerprint density at radius 2 is 1.89 bits per heavy atom. The summed E-state index contributed by atoms with van der Waals surface area (Å²) in [5.74, 6) is -1.21. The van der Waals surface area contributed by atoms with Gasteiger partial charge in [0.2, 0.25) is 0 Å². The SMILES string of the molecule is O=C(Cn1ccc(C(F)(F)F)n1)NNC(=O)C1CC(c2ccc(Cl)cc2)NN1. The van der Waals surface area contributed by atoms with Gasteiger partial charge in [-0.15, -0.1) is 0 Å². The number of benzene rings is 1. The zero-order valence-electron chi connectivity index (χ0n) is 14.3. The first-order valence-electron chi connectivity index (χ1n) is 8.18. The third-order valence-electron chi connectivity index (χ3n) is 4.05. The van der Waals surface area contributed by atoms with Crippen molar-refractivity contribution in [2.45, 2.75) is 31.2 Å². The van der Waals surface area contributed by atoms with Crippen LogP contribution in [0.5, 0.6) is 0 Å². The Morgan fingerprint density at radius 3 is 2.54 bits per heavy atom. The number of nitrogens with zero attached hydrogens (tertiary/aromatic N) is 2. The van der Waals surface area contributed by atoms with Gasteiger partial charge in [0.1, 0.15) is 12.6 Å². The topological polar surface area (TPSA) is 100 Å². The van der Waals surface area contributed by atoms with Crippen LogP contribution in [0.4, 0.5) is 13.2 Å². The van der Waals surface area contributed by atoms with Crippen molar-refractivity contribution in [3.05, 3.63) is 52.8 Å². The molecule has 0 saturated carbocycles. The molecule has 0 bridgehead atoms. The molecule has 2 unspecified atom stereocenters. The van der Waals surface area contributed by atoms with Crippen LogP contribution in [0.3, 0.4) is 0 Å². The van der Waals surface area contributed by atoms with Crippen LogP contribution in [-0.4, -0.2) is 27.6 Å². The maximum Gasteiger partial charge on any atom is 0.435 e. The average molecular weight is 417 g/mol. The Labute approximate surface area is 162 Å². The third-order valence-corrected chi connectivity index (χ3v) is 4.31. The number of alkyl halides is 3. The van der Waals surface area contributed by atoms with Crippen LogP contribution >= 0.6 is 11.6 Å². The van der Waals surface area contributed by atoms with Crippen molar-refractivity contribution in [3.8, 4) is 0 Å². The Bertz CT molecular complexity index is 855. The highest BCUT2D eigenvalue weighted by Crippen LogP contribution is 2.27. The largest absolute Gasteiger partial charge is 0.435 e. The Balaban J connectivity index is 1.45. The molecule has 3 rings (SSSR count). The Kier molecular flexibility index (Phi) is 5.87. The second kappa shape index (κ2) is 8.17. The highest BCUT2D eigenvalue weighted by Gasteiger charge is 2.34. The monoisotopic (exact) mass is 416 g/mol. The van der Waals surface area contributed by atoms with Crippen LogP contribution in [0.25, 0.3) is 0 Å². The standard InChI is InChI=1S/C16H16ClF3N6O2/c17-10-3-1-9(2-4-10)11-7-12(22-21-11)15(28)24-23-14(27)8-26-6-5-13(25-26)16(18,19)20/h1-6,11-12,21-22H,7-8H2,(H,23,27)(H,24,28). The molecule has 1 aromatic heterocycles. The quantitative estimate of drug-likeness (QED) is 0.563. The number of carbonyl (C=O) groups excluding carboxylic acids is 2. The lowest BCUT2D eigenvalue weighted by Crippen LogP contribution is -2.50. The summed E-state index contributed by atoms with van der Waals surface area (Å²) in [6.45, 7) is -0.472. The molecule has 8 nitrogen and oxygen atoms in total. The summed E-state index contributed by atoms with van der Waals surface area (Å²) in [6.07, 6.45) is -3.13. The lowest BCUT2D eigenvalue weighted by Gasteiger charge is -2.12. The van der Waals surface area contributed by atoms with Gasteiger partial charge in [-0.1, -0.05) is 23.7 Å². The number of amides is 2. The number of hydrazine groups is 2. The minimum Gasteiger partial charge on any atom is -0.271 e. The zero-order chi connectivity index (χ0) is 20.3. The van der Waals surface area contributed by atoms with Crippen molar-refractivity contribution < 1.29 is 22.8 Å². The first-order chi connectivity index (χ1) is 13.2. The van der Waals surface area contributed by atoms with Gasteiger partial charge >= 0.3 is 6.18 Å². The van der Waals surface area contributed by atoms with E-state index in [1.54, 1.807) is 12.1 Å². The van der Waals surface area contributed by atoms with E-state index < -0.39 is 36.3 Å². The van der Waals surface area contributed by atoms with Crippen molar-refractivity contribution in [2.24, 2.45) is 0 Å². The first-order valence-corrected chi connectivity index (χ1v) is 8.56. The molecule has 1 saturated heterocycles. The smallest absolute Gasteiger partial charge is 0.271 e. The third kappa shape index (κ3) is 5.00. The van der Waals surface area contributed by atoms with E-state index in [0.717, 1.165) is 22.5 Å². The molecular weight excluding hydrogens is 401 g/mol. The number of hydrogen-bond donors (Lipinski definition) is 4. The van der Waals surface area contributed by atoms with Gasteiger partial charge in [0.05, 0.1) is 0 Å². The van der Waals surface area contributed by atoms with E-state index in [1.165, 1.54) is 0 Å². The van der Waals surface area contributed by atoms with Gasteiger partial charge in [0.15, 0.2) is 5.69 Å². The second-order valence-electron chi connectivity index (χ2n) is 6.11. The van der Waals surface area contributed by atoms with Gasteiger partial charge < -0.3 is 0 Å².